The zero-order valence-corrected chi connectivity index (χ0v) is 17.6. The zero-order valence-electron chi connectivity index (χ0n) is 16.6. The van der Waals surface area contributed by atoms with Gasteiger partial charge in [-0.05, 0) is 41.4 Å². The molecule has 1 unspecified atom stereocenters. The fourth-order valence-electron chi connectivity index (χ4n) is 2.26. The maximum atomic E-state index is 10.3. The predicted octanol–water partition coefficient (Wildman–Crippen LogP) is 5.83. The number of rotatable bonds is 6. The molecule has 0 aliphatic carbocycles. The van der Waals surface area contributed by atoms with Crippen LogP contribution in [0.3, 0.4) is 0 Å². The molecule has 2 aromatic rings. The highest BCUT2D eigenvalue weighted by Gasteiger charge is 2.39. The molecular formula is C22H30O3Si. The second-order valence-corrected chi connectivity index (χ2v) is 12.7. The molecule has 0 aliphatic rings. The van der Waals surface area contributed by atoms with Crippen molar-refractivity contribution in [2.75, 3.05) is 7.11 Å². The van der Waals surface area contributed by atoms with Crippen molar-refractivity contribution in [1.29, 1.82) is 0 Å². The van der Waals surface area contributed by atoms with Crippen molar-refractivity contribution in [3.8, 4) is 11.5 Å². The van der Waals surface area contributed by atoms with Gasteiger partial charge in [-0.3, -0.25) is 0 Å². The van der Waals surface area contributed by atoms with Crippen LogP contribution >= 0.6 is 0 Å². The Morgan fingerprint density at radius 3 is 2.23 bits per heavy atom. The minimum atomic E-state index is -1.93. The van der Waals surface area contributed by atoms with Gasteiger partial charge in [0.25, 0.3) is 8.32 Å². The molecule has 2 aromatic carbocycles. The van der Waals surface area contributed by atoms with Gasteiger partial charge in [-0.15, -0.1) is 0 Å². The van der Waals surface area contributed by atoms with Crippen LogP contribution in [-0.2, 0) is 0 Å². The van der Waals surface area contributed by atoms with Gasteiger partial charge in [0.05, 0.1) is 13.2 Å². The van der Waals surface area contributed by atoms with E-state index in [4.69, 9.17) is 9.16 Å². The first-order valence-corrected chi connectivity index (χ1v) is 11.8. The summed E-state index contributed by atoms with van der Waals surface area (Å²) in [5.74, 6) is 1.49. The number of ether oxygens (including phenoxy) is 1. The lowest BCUT2D eigenvalue weighted by molar-refractivity contribution is 0.229. The van der Waals surface area contributed by atoms with Crippen LogP contribution in [0.15, 0.2) is 54.6 Å². The second kappa shape index (κ2) is 8.10. The minimum absolute atomic E-state index is 0.121. The summed E-state index contributed by atoms with van der Waals surface area (Å²) >= 11 is 0. The van der Waals surface area contributed by atoms with Crippen LogP contribution in [-0.4, -0.2) is 20.5 Å². The van der Waals surface area contributed by atoms with Crippen molar-refractivity contribution in [3.05, 3.63) is 65.7 Å². The number of methoxy groups -OCH3 is 1. The molecule has 0 aromatic heterocycles. The smallest absolute Gasteiger partial charge is 0.250 e. The van der Waals surface area contributed by atoms with E-state index in [1.807, 2.05) is 54.6 Å². The topological polar surface area (TPSA) is 38.7 Å². The maximum Gasteiger partial charge on any atom is 0.250 e. The summed E-state index contributed by atoms with van der Waals surface area (Å²) in [5, 5.41) is 10.4. The molecule has 0 radical (unpaired) electrons. The van der Waals surface area contributed by atoms with E-state index in [-0.39, 0.29) is 5.04 Å². The molecule has 0 saturated carbocycles. The molecule has 0 bridgehead atoms. The summed E-state index contributed by atoms with van der Waals surface area (Å²) in [4.78, 5) is 0. The van der Waals surface area contributed by atoms with Gasteiger partial charge >= 0.3 is 0 Å². The number of aliphatic hydroxyl groups is 1. The van der Waals surface area contributed by atoms with Crippen LogP contribution in [0.2, 0.25) is 18.1 Å². The van der Waals surface area contributed by atoms with Gasteiger partial charge in [0.2, 0.25) is 0 Å². The Hall–Kier alpha value is -2.04. The van der Waals surface area contributed by atoms with Crippen LogP contribution in [0.5, 0.6) is 11.5 Å². The monoisotopic (exact) mass is 370 g/mol. The van der Waals surface area contributed by atoms with E-state index in [9.17, 15) is 5.11 Å². The van der Waals surface area contributed by atoms with Gasteiger partial charge < -0.3 is 14.3 Å². The first-order chi connectivity index (χ1) is 12.1. The van der Waals surface area contributed by atoms with Gasteiger partial charge in [0, 0.05) is 0 Å². The van der Waals surface area contributed by atoms with Crippen molar-refractivity contribution >= 4 is 14.4 Å². The van der Waals surface area contributed by atoms with E-state index < -0.39 is 14.4 Å². The molecule has 0 aliphatic heterocycles. The fourth-order valence-corrected chi connectivity index (χ4v) is 3.29. The summed E-state index contributed by atoms with van der Waals surface area (Å²) in [6.45, 7) is 11.1. The van der Waals surface area contributed by atoms with E-state index in [0.717, 1.165) is 16.9 Å². The molecule has 4 heteroatoms. The molecule has 26 heavy (non-hydrogen) atoms. The van der Waals surface area contributed by atoms with E-state index >= 15 is 0 Å². The van der Waals surface area contributed by atoms with E-state index in [1.54, 1.807) is 13.2 Å². The van der Waals surface area contributed by atoms with Gasteiger partial charge in [-0.25, -0.2) is 0 Å². The Balaban J connectivity index is 2.19. The molecule has 0 heterocycles. The number of aliphatic hydroxyl groups excluding tert-OH is 1. The van der Waals surface area contributed by atoms with Crippen molar-refractivity contribution < 1.29 is 14.3 Å². The third-order valence-electron chi connectivity index (χ3n) is 4.97. The Labute approximate surface area is 158 Å². The van der Waals surface area contributed by atoms with Crippen molar-refractivity contribution in [3.63, 3.8) is 0 Å². The number of hydrogen-bond donors (Lipinski definition) is 1. The van der Waals surface area contributed by atoms with Crippen LogP contribution < -0.4 is 9.16 Å². The van der Waals surface area contributed by atoms with Gasteiger partial charge in [0.1, 0.15) is 5.75 Å². The molecule has 140 valence electrons. The van der Waals surface area contributed by atoms with E-state index in [2.05, 4.69) is 33.9 Å². The molecule has 3 nitrogen and oxygen atoms in total. The summed E-state index contributed by atoms with van der Waals surface area (Å²) in [6.07, 6.45) is 3.04. The lowest BCUT2D eigenvalue weighted by Crippen LogP contribution is -2.43. The Morgan fingerprint density at radius 2 is 1.65 bits per heavy atom. The SMILES string of the molecule is COc1cc(C=CC(O)c2ccccc2)ccc1O[Si](C)(C)C(C)(C)C. The predicted molar refractivity (Wildman–Crippen MR) is 111 cm³/mol. The Morgan fingerprint density at radius 1 is 1.00 bits per heavy atom. The normalized spacial score (nSPS) is 13.7. The molecule has 0 amide bonds. The standard InChI is InChI=1S/C22H30O3Si/c1-22(2,3)26(5,6)25-20-15-13-17(16-21(20)24-4)12-14-19(23)18-10-8-7-9-11-18/h7-16,19,23H,1-6H3. The van der Waals surface area contributed by atoms with Gasteiger partial charge in [0.15, 0.2) is 5.75 Å². The van der Waals surface area contributed by atoms with Crippen LogP contribution in [0.4, 0.5) is 0 Å². The molecular weight excluding hydrogens is 340 g/mol. The van der Waals surface area contributed by atoms with Crippen LogP contribution in [0, 0.1) is 0 Å². The zero-order chi connectivity index (χ0) is 19.4. The highest BCUT2D eigenvalue weighted by atomic mass is 28.4. The first-order valence-electron chi connectivity index (χ1n) is 8.92. The third kappa shape index (κ3) is 4.99. The lowest BCUT2D eigenvalue weighted by atomic mass is 10.1. The summed E-state index contributed by atoms with van der Waals surface area (Å²) in [5.41, 5.74) is 1.83. The summed E-state index contributed by atoms with van der Waals surface area (Å²) in [7, 11) is -0.276. The minimum Gasteiger partial charge on any atom is -0.541 e. The van der Waals surface area contributed by atoms with Crippen molar-refractivity contribution in [2.45, 2.75) is 45.0 Å². The second-order valence-electron chi connectivity index (χ2n) is 7.99. The quantitative estimate of drug-likeness (QED) is 0.651. The highest BCUT2D eigenvalue weighted by molar-refractivity contribution is 6.74. The van der Waals surface area contributed by atoms with Crippen molar-refractivity contribution in [1.82, 2.24) is 0 Å². The van der Waals surface area contributed by atoms with Crippen LogP contribution in [0.1, 0.15) is 38.0 Å². The maximum absolute atomic E-state index is 10.3. The molecule has 1 N–H and O–H groups in total. The summed E-state index contributed by atoms with van der Waals surface area (Å²) < 4.78 is 11.9. The largest absolute Gasteiger partial charge is 0.541 e. The van der Waals surface area contributed by atoms with Gasteiger partial charge in [-0.1, -0.05) is 69.3 Å². The number of benzene rings is 2. The Kier molecular flexibility index (Phi) is 6.32. The van der Waals surface area contributed by atoms with Crippen LogP contribution in [0.25, 0.3) is 6.08 Å². The van der Waals surface area contributed by atoms with Crippen molar-refractivity contribution in [2.24, 2.45) is 0 Å². The third-order valence-corrected chi connectivity index (χ3v) is 9.31. The Bertz CT molecular complexity index is 746. The fraction of sp³-hybridized carbons (Fsp3) is 0.364. The van der Waals surface area contributed by atoms with E-state index in [0.29, 0.717) is 5.75 Å². The van der Waals surface area contributed by atoms with E-state index in [1.165, 1.54) is 0 Å². The average Bonchev–Trinajstić information content (AvgIpc) is 2.60. The highest BCUT2D eigenvalue weighted by Crippen LogP contribution is 2.40. The molecule has 0 fully saturated rings. The lowest BCUT2D eigenvalue weighted by Gasteiger charge is -2.36. The molecule has 0 spiro atoms. The molecule has 1 atom stereocenters. The first kappa shape index (κ1) is 20.3. The average molecular weight is 371 g/mol. The molecule has 0 saturated heterocycles. The number of hydrogen-bond acceptors (Lipinski definition) is 3. The molecule has 2 rings (SSSR count). The van der Waals surface area contributed by atoms with Gasteiger partial charge in [-0.2, -0.15) is 0 Å². The summed E-state index contributed by atoms with van der Waals surface area (Å²) in [6, 6.07) is 15.5.